The highest BCUT2D eigenvalue weighted by atomic mass is 19.1. The van der Waals surface area contributed by atoms with Crippen molar-refractivity contribution in [3.8, 4) is 0 Å². The van der Waals surface area contributed by atoms with Crippen molar-refractivity contribution in [3.63, 3.8) is 0 Å². The van der Waals surface area contributed by atoms with Gasteiger partial charge in [0.25, 0.3) is 0 Å². The molecule has 70 valence electrons. The standard InChI is InChI=1S/C10H11F2N/c1-3-10(13)7-4-6(2)8(11)5-9(7)12/h3-5,10H,1,13H2,2H3. The third-order valence-corrected chi connectivity index (χ3v) is 1.89. The molecule has 0 aliphatic rings. The van der Waals surface area contributed by atoms with Crippen molar-refractivity contribution in [1.29, 1.82) is 0 Å². The van der Waals surface area contributed by atoms with Crippen molar-refractivity contribution in [1.82, 2.24) is 0 Å². The van der Waals surface area contributed by atoms with Crippen molar-refractivity contribution in [2.75, 3.05) is 0 Å². The topological polar surface area (TPSA) is 26.0 Å². The molecule has 0 spiro atoms. The predicted octanol–water partition coefficient (Wildman–Crippen LogP) is 2.46. The maximum Gasteiger partial charge on any atom is 0.131 e. The average Bonchev–Trinajstić information content (AvgIpc) is 2.10. The molecule has 0 fully saturated rings. The summed E-state index contributed by atoms with van der Waals surface area (Å²) in [5.74, 6) is -1.19. The van der Waals surface area contributed by atoms with E-state index in [9.17, 15) is 8.78 Å². The monoisotopic (exact) mass is 183 g/mol. The second-order valence-corrected chi connectivity index (χ2v) is 2.88. The summed E-state index contributed by atoms with van der Waals surface area (Å²) in [5.41, 5.74) is 6.19. The van der Waals surface area contributed by atoms with E-state index >= 15 is 0 Å². The summed E-state index contributed by atoms with van der Waals surface area (Å²) in [6, 6.07) is 1.66. The molecule has 0 saturated carbocycles. The molecule has 1 aromatic carbocycles. The Kier molecular flexibility index (Phi) is 2.78. The first-order chi connectivity index (χ1) is 6.06. The van der Waals surface area contributed by atoms with Gasteiger partial charge in [-0.25, -0.2) is 8.78 Å². The van der Waals surface area contributed by atoms with Crippen LogP contribution < -0.4 is 5.73 Å². The van der Waals surface area contributed by atoms with E-state index in [1.807, 2.05) is 0 Å². The molecule has 1 atom stereocenters. The van der Waals surface area contributed by atoms with Crippen LogP contribution in [0.25, 0.3) is 0 Å². The van der Waals surface area contributed by atoms with Crippen molar-refractivity contribution >= 4 is 0 Å². The summed E-state index contributed by atoms with van der Waals surface area (Å²) in [4.78, 5) is 0. The molecule has 1 unspecified atom stereocenters. The summed E-state index contributed by atoms with van der Waals surface area (Å²) in [5, 5.41) is 0. The molecular weight excluding hydrogens is 172 g/mol. The van der Waals surface area contributed by atoms with E-state index in [0.29, 0.717) is 5.56 Å². The average molecular weight is 183 g/mol. The van der Waals surface area contributed by atoms with Gasteiger partial charge in [0.1, 0.15) is 11.6 Å². The Hall–Kier alpha value is -1.22. The fourth-order valence-corrected chi connectivity index (χ4v) is 1.06. The molecule has 0 aliphatic heterocycles. The van der Waals surface area contributed by atoms with Crippen LogP contribution in [-0.4, -0.2) is 0 Å². The Morgan fingerprint density at radius 1 is 1.38 bits per heavy atom. The molecule has 2 N–H and O–H groups in total. The summed E-state index contributed by atoms with van der Waals surface area (Å²) in [6.45, 7) is 5.01. The minimum absolute atomic E-state index is 0.272. The van der Waals surface area contributed by atoms with Crippen molar-refractivity contribution in [2.24, 2.45) is 5.73 Å². The Labute approximate surface area is 75.9 Å². The molecule has 0 aliphatic carbocycles. The largest absolute Gasteiger partial charge is 0.321 e. The summed E-state index contributed by atoms with van der Waals surface area (Å²) < 4.78 is 25.9. The van der Waals surface area contributed by atoms with Crippen LogP contribution in [0.3, 0.4) is 0 Å². The first kappa shape index (κ1) is 9.86. The number of benzene rings is 1. The third-order valence-electron chi connectivity index (χ3n) is 1.89. The molecule has 0 amide bonds. The highest BCUT2D eigenvalue weighted by Gasteiger charge is 2.10. The molecule has 0 saturated heterocycles. The van der Waals surface area contributed by atoms with E-state index < -0.39 is 17.7 Å². The van der Waals surface area contributed by atoms with Gasteiger partial charge in [0.15, 0.2) is 0 Å². The maximum atomic E-state index is 13.1. The first-order valence-electron chi connectivity index (χ1n) is 3.90. The maximum absolute atomic E-state index is 13.1. The van der Waals surface area contributed by atoms with Crippen LogP contribution in [0.4, 0.5) is 8.78 Å². The fourth-order valence-electron chi connectivity index (χ4n) is 1.06. The number of halogens is 2. The minimum Gasteiger partial charge on any atom is -0.321 e. The van der Waals surface area contributed by atoms with Gasteiger partial charge in [0.05, 0.1) is 6.04 Å². The van der Waals surface area contributed by atoms with Crippen LogP contribution in [0.5, 0.6) is 0 Å². The number of hydrogen-bond acceptors (Lipinski definition) is 1. The normalized spacial score (nSPS) is 12.6. The fraction of sp³-hybridized carbons (Fsp3) is 0.200. The highest BCUT2D eigenvalue weighted by Crippen LogP contribution is 2.19. The molecule has 0 radical (unpaired) electrons. The summed E-state index contributed by atoms with van der Waals surface area (Å²) >= 11 is 0. The van der Waals surface area contributed by atoms with E-state index in [1.165, 1.54) is 12.1 Å². The van der Waals surface area contributed by atoms with Crippen LogP contribution >= 0.6 is 0 Å². The Bertz CT molecular complexity index is 334. The minimum atomic E-state index is -0.629. The SMILES string of the molecule is C=CC(N)c1cc(C)c(F)cc1F. The predicted molar refractivity (Wildman–Crippen MR) is 48.2 cm³/mol. The lowest BCUT2D eigenvalue weighted by Crippen LogP contribution is -2.09. The molecule has 0 heterocycles. The van der Waals surface area contributed by atoms with Crippen molar-refractivity contribution in [2.45, 2.75) is 13.0 Å². The molecule has 13 heavy (non-hydrogen) atoms. The van der Waals surface area contributed by atoms with Crippen LogP contribution in [0.2, 0.25) is 0 Å². The van der Waals surface area contributed by atoms with Crippen LogP contribution in [-0.2, 0) is 0 Å². The van der Waals surface area contributed by atoms with Gasteiger partial charge in [0.2, 0.25) is 0 Å². The van der Waals surface area contributed by atoms with E-state index in [0.717, 1.165) is 6.07 Å². The summed E-state index contributed by atoms with van der Waals surface area (Å²) in [7, 11) is 0. The Balaban J connectivity index is 3.22. The number of hydrogen-bond donors (Lipinski definition) is 1. The van der Waals surface area contributed by atoms with Gasteiger partial charge < -0.3 is 5.73 Å². The zero-order chi connectivity index (χ0) is 10.0. The Morgan fingerprint density at radius 3 is 2.54 bits per heavy atom. The Morgan fingerprint density at radius 2 is 2.00 bits per heavy atom. The zero-order valence-corrected chi connectivity index (χ0v) is 7.35. The first-order valence-corrected chi connectivity index (χ1v) is 3.90. The third kappa shape index (κ3) is 1.92. The van der Waals surface area contributed by atoms with Gasteiger partial charge >= 0.3 is 0 Å². The lowest BCUT2D eigenvalue weighted by Gasteiger charge is -2.09. The smallest absolute Gasteiger partial charge is 0.131 e. The molecule has 1 aromatic rings. The van der Waals surface area contributed by atoms with E-state index in [-0.39, 0.29) is 5.56 Å². The second kappa shape index (κ2) is 3.66. The summed E-state index contributed by atoms with van der Waals surface area (Å²) in [6.07, 6.45) is 1.41. The molecule has 0 bridgehead atoms. The highest BCUT2D eigenvalue weighted by molar-refractivity contribution is 5.29. The number of rotatable bonds is 2. The molecule has 3 heteroatoms. The molecule has 0 aromatic heterocycles. The van der Waals surface area contributed by atoms with Crippen LogP contribution in [0, 0.1) is 18.6 Å². The van der Waals surface area contributed by atoms with Gasteiger partial charge in [-0.2, -0.15) is 0 Å². The second-order valence-electron chi connectivity index (χ2n) is 2.88. The van der Waals surface area contributed by atoms with Crippen LogP contribution in [0.1, 0.15) is 17.2 Å². The zero-order valence-electron chi connectivity index (χ0n) is 7.35. The number of nitrogens with two attached hydrogens (primary N) is 1. The quantitative estimate of drug-likeness (QED) is 0.700. The van der Waals surface area contributed by atoms with Gasteiger partial charge in [0, 0.05) is 11.6 Å². The van der Waals surface area contributed by atoms with E-state index in [2.05, 4.69) is 6.58 Å². The molecular formula is C10H11F2N. The van der Waals surface area contributed by atoms with Gasteiger partial charge in [-0.05, 0) is 18.6 Å². The molecule has 1 rings (SSSR count). The lowest BCUT2D eigenvalue weighted by atomic mass is 10.0. The van der Waals surface area contributed by atoms with Gasteiger partial charge in [-0.1, -0.05) is 6.08 Å². The van der Waals surface area contributed by atoms with E-state index in [1.54, 1.807) is 6.92 Å². The van der Waals surface area contributed by atoms with Crippen molar-refractivity contribution < 1.29 is 8.78 Å². The van der Waals surface area contributed by atoms with Gasteiger partial charge in [-0.3, -0.25) is 0 Å². The van der Waals surface area contributed by atoms with E-state index in [4.69, 9.17) is 5.73 Å². The number of aryl methyl sites for hydroxylation is 1. The van der Waals surface area contributed by atoms with Crippen LogP contribution in [0.15, 0.2) is 24.8 Å². The van der Waals surface area contributed by atoms with Crippen molar-refractivity contribution in [3.05, 3.63) is 47.5 Å². The lowest BCUT2D eigenvalue weighted by molar-refractivity contribution is 0.562. The molecule has 1 nitrogen and oxygen atoms in total. The van der Waals surface area contributed by atoms with Gasteiger partial charge in [-0.15, -0.1) is 6.58 Å².